The molecule has 0 aromatic carbocycles. The highest BCUT2D eigenvalue weighted by molar-refractivity contribution is 8.23. The van der Waals surface area contributed by atoms with E-state index >= 15 is 0 Å². The third-order valence-corrected chi connectivity index (χ3v) is 5.75. The van der Waals surface area contributed by atoms with E-state index < -0.39 is 12.0 Å². The molecule has 1 rings (SSSR count). The zero-order valence-corrected chi connectivity index (χ0v) is 15.5. The normalized spacial score (nSPS) is 19.3. The highest BCUT2D eigenvalue weighted by Gasteiger charge is 2.36. The summed E-state index contributed by atoms with van der Waals surface area (Å²) in [6, 6.07) is -0.699. The van der Waals surface area contributed by atoms with Gasteiger partial charge in [0.05, 0.1) is 5.88 Å². The van der Waals surface area contributed by atoms with E-state index in [2.05, 4.69) is 10.2 Å². The Balaban J connectivity index is 2.35. The maximum Gasteiger partial charge on any atom is 0.327 e. The highest BCUT2D eigenvalue weighted by atomic mass is 32.2. The molecule has 1 fully saturated rings. The molecule has 1 heterocycles. The van der Waals surface area contributed by atoms with Crippen LogP contribution in [0.1, 0.15) is 6.92 Å². The van der Waals surface area contributed by atoms with Crippen LogP contribution in [0.15, 0.2) is 0 Å². The van der Waals surface area contributed by atoms with Crippen molar-refractivity contribution in [2.45, 2.75) is 13.0 Å². The van der Waals surface area contributed by atoms with Gasteiger partial charge >= 0.3 is 5.97 Å². The second-order valence-electron chi connectivity index (χ2n) is 5.39. The van der Waals surface area contributed by atoms with Crippen LogP contribution in [-0.2, 0) is 9.59 Å². The van der Waals surface area contributed by atoms with Gasteiger partial charge in [0.1, 0.15) is 10.4 Å². The lowest BCUT2D eigenvalue weighted by Gasteiger charge is -2.24. The van der Waals surface area contributed by atoms with E-state index in [9.17, 15) is 9.59 Å². The topological polar surface area (TPSA) is 72.9 Å². The Kier molecular flexibility index (Phi) is 8.52. The minimum atomic E-state index is -0.931. The van der Waals surface area contributed by atoms with Gasteiger partial charge in [0, 0.05) is 30.5 Å². The summed E-state index contributed by atoms with van der Waals surface area (Å²) >= 11 is 8.13. The number of carboxylic acids is 1. The van der Waals surface area contributed by atoms with Gasteiger partial charge in [-0.25, -0.2) is 4.79 Å². The number of carbonyl (C=O) groups excluding carboxylic acids is 1. The van der Waals surface area contributed by atoms with Crippen molar-refractivity contribution in [3.8, 4) is 0 Å². The Morgan fingerprint density at radius 1 is 1.55 bits per heavy atom. The molecule has 1 saturated heterocycles. The number of nitrogens with zero attached hydrogens (tertiary/aromatic N) is 2. The second kappa shape index (κ2) is 9.59. The lowest BCUT2D eigenvalue weighted by atomic mass is 10.1. The smallest absolute Gasteiger partial charge is 0.327 e. The van der Waals surface area contributed by atoms with Crippen molar-refractivity contribution in [1.82, 2.24) is 15.1 Å². The van der Waals surface area contributed by atoms with Crippen molar-refractivity contribution in [1.29, 1.82) is 0 Å². The molecule has 2 N–H and O–H groups in total. The van der Waals surface area contributed by atoms with Gasteiger partial charge in [0.15, 0.2) is 0 Å². The average Bonchev–Trinajstić information content (AvgIpc) is 2.93. The molecule has 1 amide bonds. The summed E-state index contributed by atoms with van der Waals surface area (Å²) in [5.41, 5.74) is 0. The van der Waals surface area contributed by atoms with Crippen molar-refractivity contribution in [3.63, 3.8) is 0 Å². The van der Waals surface area contributed by atoms with Crippen LogP contribution in [-0.4, -0.2) is 81.7 Å². The first-order valence-electron chi connectivity index (χ1n) is 6.99. The van der Waals surface area contributed by atoms with Gasteiger partial charge in [-0.15, -0.1) is 11.8 Å². The molecular formula is C13H23N3O3S3. The van der Waals surface area contributed by atoms with Crippen LogP contribution in [0, 0.1) is 5.92 Å². The molecule has 22 heavy (non-hydrogen) atoms. The summed E-state index contributed by atoms with van der Waals surface area (Å²) in [6.07, 6.45) is 0. The van der Waals surface area contributed by atoms with Crippen molar-refractivity contribution >= 4 is 51.9 Å². The van der Waals surface area contributed by atoms with Crippen LogP contribution in [0.25, 0.3) is 0 Å². The number of aliphatic carboxylic acids is 1. The zero-order valence-electron chi connectivity index (χ0n) is 13.1. The van der Waals surface area contributed by atoms with Crippen LogP contribution in [0.3, 0.4) is 0 Å². The molecule has 0 radical (unpaired) electrons. The molecule has 0 aromatic rings. The molecule has 0 unspecified atom stereocenters. The maximum atomic E-state index is 12.3. The molecule has 0 aromatic heterocycles. The van der Waals surface area contributed by atoms with Gasteiger partial charge in [0.2, 0.25) is 5.91 Å². The van der Waals surface area contributed by atoms with E-state index in [1.807, 2.05) is 21.0 Å². The first-order chi connectivity index (χ1) is 10.3. The third-order valence-electron chi connectivity index (χ3n) is 3.16. The number of hydrogen-bond acceptors (Lipinski definition) is 6. The average molecular weight is 366 g/mol. The Morgan fingerprint density at radius 3 is 2.82 bits per heavy atom. The molecule has 0 saturated carbocycles. The lowest BCUT2D eigenvalue weighted by molar-refractivity contribution is -0.148. The molecule has 9 heteroatoms. The van der Waals surface area contributed by atoms with Gasteiger partial charge in [0.25, 0.3) is 0 Å². The van der Waals surface area contributed by atoms with E-state index in [-0.39, 0.29) is 11.8 Å². The van der Waals surface area contributed by atoms with Crippen molar-refractivity contribution in [3.05, 3.63) is 0 Å². The van der Waals surface area contributed by atoms with E-state index in [1.54, 1.807) is 0 Å². The molecule has 6 nitrogen and oxygen atoms in total. The molecular weight excluding hydrogens is 342 g/mol. The van der Waals surface area contributed by atoms with Crippen LogP contribution >= 0.6 is 35.7 Å². The van der Waals surface area contributed by atoms with E-state index in [0.717, 1.165) is 13.1 Å². The molecule has 1 aliphatic rings. The first kappa shape index (κ1) is 19.5. The van der Waals surface area contributed by atoms with Crippen LogP contribution < -0.4 is 5.32 Å². The number of thioether (sulfide) groups is 2. The summed E-state index contributed by atoms with van der Waals surface area (Å²) in [7, 11) is 3.98. The predicted molar refractivity (Wildman–Crippen MR) is 96.4 cm³/mol. The Labute approximate surface area is 145 Å². The van der Waals surface area contributed by atoms with Gasteiger partial charge in [-0.3, -0.25) is 4.79 Å². The number of rotatable bonds is 7. The second-order valence-corrected chi connectivity index (χ2v) is 8.09. The molecule has 2 atom stereocenters. The van der Waals surface area contributed by atoms with Gasteiger partial charge in [-0.1, -0.05) is 30.9 Å². The summed E-state index contributed by atoms with van der Waals surface area (Å²) in [4.78, 5) is 27.0. The number of likely N-dealkylation sites (N-methyl/N-ethyl adjacent to an activating group) is 1. The van der Waals surface area contributed by atoms with E-state index in [4.69, 9.17) is 17.3 Å². The van der Waals surface area contributed by atoms with Crippen LogP contribution in [0.2, 0.25) is 0 Å². The summed E-state index contributed by atoms with van der Waals surface area (Å²) in [5, 5.41) is 12.3. The SMILES string of the molecule is C[C@H](CSC(=S)NCCN(C)C)C(=O)N1CSC[C@H]1C(=O)O. The molecule has 0 aliphatic carbocycles. The van der Waals surface area contributed by atoms with Crippen molar-refractivity contribution in [2.24, 2.45) is 5.92 Å². The Bertz CT molecular complexity index is 421. The number of hydrogen-bond donors (Lipinski definition) is 2. The standard InChI is InChI=1S/C13H23N3O3S3/c1-9(6-22-13(20)14-4-5-15(2)3)11(17)16-8-21-7-10(16)12(18)19/h9-10H,4-8H2,1-3H3,(H,14,20)(H,18,19)/t9-,10+/m1/s1. The zero-order chi connectivity index (χ0) is 16.7. The third kappa shape index (κ3) is 6.31. The molecule has 0 bridgehead atoms. The van der Waals surface area contributed by atoms with Crippen LogP contribution in [0.5, 0.6) is 0 Å². The van der Waals surface area contributed by atoms with Gasteiger partial charge in [-0.05, 0) is 14.1 Å². The maximum absolute atomic E-state index is 12.3. The molecule has 126 valence electrons. The Hall–Kier alpha value is -0.510. The highest BCUT2D eigenvalue weighted by Crippen LogP contribution is 2.24. The summed E-state index contributed by atoms with van der Waals surface area (Å²) in [5.74, 6) is 0.182. The fourth-order valence-electron chi connectivity index (χ4n) is 1.85. The summed E-state index contributed by atoms with van der Waals surface area (Å²) in [6.45, 7) is 3.48. The predicted octanol–water partition coefficient (Wildman–Crippen LogP) is 0.778. The number of nitrogens with one attached hydrogen (secondary N) is 1. The minimum absolute atomic E-state index is 0.110. The molecule has 1 aliphatic heterocycles. The fourth-order valence-corrected chi connectivity index (χ4v) is 4.06. The van der Waals surface area contributed by atoms with Gasteiger partial charge < -0.3 is 20.2 Å². The number of amides is 1. The van der Waals surface area contributed by atoms with Crippen molar-refractivity contribution in [2.75, 3.05) is 44.6 Å². The van der Waals surface area contributed by atoms with E-state index in [0.29, 0.717) is 21.7 Å². The first-order valence-corrected chi connectivity index (χ1v) is 9.54. The quantitative estimate of drug-likeness (QED) is 0.641. The van der Waals surface area contributed by atoms with Crippen molar-refractivity contribution < 1.29 is 14.7 Å². The number of thiocarbonyl (C=S) groups is 1. The fraction of sp³-hybridized carbons (Fsp3) is 0.769. The van der Waals surface area contributed by atoms with Gasteiger partial charge in [-0.2, -0.15) is 0 Å². The molecule has 0 spiro atoms. The Morgan fingerprint density at radius 2 is 2.23 bits per heavy atom. The monoisotopic (exact) mass is 365 g/mol. The largest absolute Gasteiger partial charge is 0.480 e. The number of carbonyl (C=O) groups is 2. The van der Waals surface area contributed by atoms with Crippen LogP contribution in [0.4, 0.5) is 0 Å². The minimum Gasteiger partial charge on any atom is -0.480 e. The lowest BCUT2D eigenvalue weighted by Crippen LogP contribution is -2.44. The van der Waals surface area contributed by atoms with E-state index in [1.165, 1.54) is 28.4 Å². The summed E-state index contributed by atoms with van der Waals surface area (Å²) < 4.78 is 0.673. The number of carboxylic acid groups (broad SMARTS) is 1.